The van der Waals surface area contributed by atoms with E-state index in [1.165, 1.54) is 0 Å². The van der Waals surface area contributed by atoms with Gasteiger partial charge in [0.15, 0.2) is 0 Å². The first-order valence-electron chi connectivity index (χ1n) is 6.53. The quantitative estimate of drug-likeness (QED) is 0.896. The van der Waals surface area contributed by atoms with Crippen molar-refractivity contribution in [1.29, 1.82) is 0 Å². The molecule has 0 aliphatic rings. The van der Waals surface area contributed by atoms with Gasteiger partial charge in [0.2, 0.25) is 0 Å². The molecule has 0 radical (unpaired) electrons. The molecule has 0 saturated heterocycles. The van der Waals surface area contributed by atoms with Crippen LogP contribution in [0.15, 0.2) is 36.4 Å². The molecular weight excluding hydrogens is 252 g/mol. The van der Waals surface area contributed by atoms with Crippen molar-refractivity contribution < 1.29 is 4.79 Å². The van der Waals surface area contributed by atoms with Gasteiger partial charge in [-0.25, -0.2) is 9.97 Å². The number of hydrogen-bond acceptors (Lipinski definition) is 4. The molecule has 5 heteroatoms. The third kappa shape index (κ3) is 3.78. The number of carbonyl (C=O) groups is 1. The number of amides is 1. The largest absolute Gasteiger partial charge is 0.368 e. The van der Waals surface area contributed by atoms with E-state index in [-0.39, 0.29) is 11.9 Å². The van der Waals surface area contributed by atoms with Gasteiger partial charge >= 0.3 is 0 Å². The van der Waals surface area contributed by atoms with Crippen LogP contribution in [0.3, 0.4) is 0 Å². The van der Waals surface area contributed by atoms with Crippen LogP contribution in [-0.4, -0.2) is 21.9 Å². The lowest BCUT2D eigenvalue weighted by Crippen LogP contribution is -2.17. The average molecular weight is 270 g/mol. The van der Waals surface area contributed by atoms with Crippen LogP contribution in [-0.2, 0) is 0 Å². The number of aromatic nitrogens is 2. The average Bonchev–Trinajstić information content (AvgIpc) is 2.38. The Bertz CT molecular complexity index is 596. The normalized spacial score (nSPS) is 10.4. The first-order valence-corrected chi connectivity index (χ1v) is 6.53. The van der Waals surface area contributed by atoms with Crippen molar-refractivity contribution in [2.75, 3.05) is 10.6 Å². The molecule has 0 aliphatic heterocycles. The fraction of sp³-hybridized carbons (Fsp3) is 0.267. The second-order valence-corrected chi connectivity index (χ2v) is 4.80. The highest BCUT2D eigenvalue weighted by Crippen LogP contribution is 2.11. The van der Waals surface area contributed by atoms with E-state index in [1.54, 1.807) is 13.0 Å². The highest BCUT2D eigenvalue weighted by Gasteiger charge is 2.11. The second-order valence-electron chi connectivity index (χ2n) is 4.80. The Hall–Kier alpha value is -2.43. The maximum atomic E-state index is 12.2. The molecule has 5 nitrogen and oxygen atoms in total. The van der Waals surface area contributed by atoms with E-state index < -0.39 is 0 Å². The van der Waals surface area contributed by atoms with Gasteiger partial charge in [-0.3, -0.25) is 4.79 Å². The van der Waals surface area contributed by atoms with E-state index in [0.717, 1.165) is 5.69 Å². The fourth-order valence-electron chi connectivity index (χ4n) is 1.77. The Balaban J connectivity index is 2.19. The SMILES string of the molecule is Cc1nc(NC(C)C)cc(C(=O)Nc2ccccc2)n1. The van der Waals surface area contributed by atoms with E-state index >= 15 is 0 Å². The van der Waals surface area contributed by atoms with Crippen molar-refractivity contribution in [3.05, 3.63) is 47.9 Å². The van der Waals surface area contributed by atoms with Crippen molar-refractivity contribution in [3.8, 4) is 0 Å². The number of hydrogen-bond donors (Lipinski definition) is 2. The summed E-state index contributed by atoms with van der Waals surface area (Å²) in [5.74, 6) is 0.980. The van der Waals surface area contributed by atoms with Crippen molar-refractivity contribution in [3.63, 3.8) is 0 Å². The zero-order valence-corrected chi connectivity index (χ0v) is 11.8. The summed E-state index contributed by atoms with van der Waals surface area (Å²) in [5, 5.41) is 5.98. The zero-order valence-electron chi connectivity index (χ0n) is 11.8. The molecule has 1 aromatic carbocycles. The maximum Gasteiger partial charge on any atom is 0.274 e. The summed E-state index contributed by atoms with van der Waals surface area (Å²) >= 11 is 0. The lowest BCUT2D eigenvalue weighted by molar-refractivity contribution is 0.102. The van der Waals surface area contributed by atoms with Crippen LogP contribution in [0.25, 0.3) is 0 Å². The van der Waals surface area contributed by atoms with Crippen LogP contribution in [0.4, 0.5) is 11.5 Å². The molecule has 0 spiro atoms. The van der Waals surface area contributed by atoms with Crippen LogP contribution in [0.2, 0.25) is 0 Å². The molecule has 20 heavy (non-hydrogen) atoms. The van der Waals surface area contributed by atoms with Gasteiger partial charge in [0.05, 0.1) is 0 Å². The molecular formula is C15H18N4O. The Kier molecular flexibility index (Phi) is 4.30. The summed E-state index contributed by atoms with van der Waals surface area (Å²) in [5.41, 5.74) is 1.09. The first-order chi connectivity index (χ1) is 9.54. The Morgan fingerprint density at radius 1 is 1.15 bits per heavy atom. The van der Waals surface area contributed by atoms with Crippen LogP contribution in [0.1, 0.15) is 30.2 Å². The molecule has 1 heterocycles. The van der Waals surface area contributed by atoms with Gasteiger partial charge in [0, 0.05) is 17.8 Å². The monoisotopic (exact) mass is 270 g/mol. The van der Waals surface area contributed by atoms with Gasteiger partial charge < -0.3 is 10.6 Å². The second kappa shape index (κ2) is 6.14. The molecule has 0 saturated carbocycles. The summed E-state index contributed by atoms with van der Waals surface area (Å²) in [4.78, 5) is 20.6. The molecule has 1 amide bonds. The zero-order chi connectivity index (χ0) is 14.5. The molecule has 104 valence electrons. The molecule has 0 bridgehead atoms. The molecule has 0 fully saturated rings. The van der Waals surface area contributed by atoms with Gasteiger partial charge in [-0.05, 0) is 32.9 Å². The Labute approximate surface area is 118 Å². The van der Waals surface area contributed by atoms with E-state index in [9.17, 15) is 4.79 Å². The van der Waals surface area contributed by atoms with Gasteiger partial charge in [0.25, 0.3) is 5.91 Å². The predicted octanol–water partition coefficient (Wildman–Crippen LogP) is 2.86. The summed E-state index contributed by atoms with van der Waals surface area (Å²) in [6, 6.07) is 11.2. The number of nitrogens with one attached hydrogen (secondary N) is 2. The number of para-hydroxylation sites is 1. The highest BCUT2D eigenvalue weighted by atomic mass is 16.1. The van der Waals surface area contributed by atoms with Crippen molar-refractivity contribution in [2.24, 2.45) is 0 Å². The van der Waals surface area contributed by atoms with Crippen LogP contribution in [0.5, 0.6) is 0 Å². The lowest BCUT2D eigenvalue weighted by Gasteiger charge is -2.11. The van der Waals surface area contributed by atoms with Crippen LogP contribution >= 0.6 is 0 Å². The van der Waals surface area contributed by atoms with Crippen molar-refractivity contribution >= 4 is 17.4 Å². The van der Waals surface area contributed by atoms with Crippen LogP contribution < -0.4 is 10.6 Å². The topological polar surface area (TPSA) is 66.9 Å². The summed E-state index contributed by atoms with van der Waals surface area (Å²) < 4.78 is 0. The summed E-state index contributed by atoms with van der Waals surface area (Å²) in [7, 11) is 0. The van der Waals surface area contributed by atoms with E-state index in [0.29, 0.717) is 17.3 Å². The highest BCUT2D eigenvalue weighted by molar-refractivity contribution is 6.03. The van der Waals surface area contributed by atoms with Crippen LogP contribution in [0, 0.1) is 6.92 Å². The molecule has 2 aromatic rings. The molecule has 0 atom stereocenters. The lowest BCUT2D eigenvalue weighted by atomic mass is 10.3. The standard InChI is InChI=1S/C15H18N4O/c1-10(2)16-14-9-13(17-11(3)18-14)15(20)19-12-7-5-4-6-8-12/h4-10H,1-3H3,(H,19,20)(H,16,17,18). The molecule has 2 N–H and O–H groups in total. The predicted molar refractivity (Wildman–Crippen MR) is 79.9 cm³/mol. The van der Waals surface area contributed by atoms with Gasteiger partial charge in [0.1, 0.15) is 17.3 Å². The molecule has 1 aromatic heterocycles. The number of nitrogens with zero attached hydrogens (tertiary/aromatic N) is 2. The molecule has 2 rings (SSSR count). The first kappa shape index (κ1) is 14.0. The van der Waals surface area contributed by atoms with E-state index in [4.69, 9.17) is 0 Å². The molecule has 0 unspecified atom stereocenters. The third-order valence-electron chi connectivity index (χ3n) is 2.54. The Morgan fingerprint density at radius 2 is 1.85 bits per heavy atom. The minimum absolute atomic E-state index is 0.242. The van der Waals surface area contributed by atoms with E-state index in [1.807, 2.05) is 44.2 Å². The van der Waals surface area contributed by atoms with Crippen molar-refractivity contribution in [2.45, 2.75) is 26.8 Å². The number of anilines is 2. The summed E-state index contributed by atoms with van der Waals surface area (Å²) in [6.07, 6.45) is 0. The van der Waals surface area contributed by atoms with Gasteiger partial charge in [-0.2, -0.15) is 0 Å². The fourth-order valence-corrected chi connectivity index (χ4v) is 1.77. The van der Waals surface area contributed by atoms with Crippen molar-refractivity contribution in [1.82, 2.24) is 9.97 Å². The summed E-state index contributed by atoms with van der Waals surface area (Å²) in [6.45, 7) is 5.80. The molecule has 0 aliphatic carbocycles. The number of benzene rings is 1. The van der Waals surface area contributed by atoms with Gasteiger partial charge in [-0.15, -0.1) is 0 Å². The third-order valence-corrected chi connectivity index (χ3v) is 2.54. The van der Waals surface area contributed by atoms with Gasteiger partial charge in [-0.1, -0.05) is 18.2 Å². The minimum atomic E-state index is -0.242. The number of aryl methyl sites for hydroxylation is 1. The maximum absolute atomic E-state index is 12.2. The number of rotatable bonds is 4. The minimum Gasteiger partial charge on any atom is -0.368 e. The smallest absolute Gasteiger partial charge is 0.274 e. The van der Waals surface area contributed by atoms with E-state index in [2.05, 4.69) is 20.6 Å². The number of carbonyl (C=O) groups excluding carboxylic acids is 1. The Morgan fingerprint density at radius 3 is 2.50 bits per heavy atom.